The molecule has 1 saturated heterocycles. The van der Waals surface area contributed by atoms with Gasteiger partial charge in [0.25, 0.3) is 0 Å². The van der Waals surface area contributed by atoms with Gasteiger partial charge in [0.15, 0.2) is 0 Å². The molecule has 0 radical (unpaired) electrons. The van der Waals surface area contributed by atoms with Gasteiger partial charge in [-0.05, 0) is 18.2 Å². The zero-order chi connectivity index (χ0) is 15.3. The molecule has 0 unspecified atom stereocenters. The Labute approximate surface area is 121 Å². The van der Waals surface area contributed by atoms with Crippen LogP contribution in [-0.2, 0) is 6.18 Å². The average Bonchev–Trinajstić information content (AvgIpc) is 2.47. The molecule has 1 aliphatic heterocycles. The molecule has 21 heavy (non-hydrogen) atoms. The number of halogens is 3. The second-order valence-corrected chi connectivity index (χ2v) is 4.76. The van der Waals surface area contributed by atoms with Crippen molar-refractivity contribution in [2.45, 2.75) is 6.18 Å². The molecule has 1 heterocycles. The second kappa shape index (κ2) is 6.78. The van der Waals surface area contributed by atoms with Gasteiger partial charge in [0.1, 0.15) is 12.4 Å². The zero-order valence-electron chi connectivity index (χ0n) is 11.4. The summed E-state index contributed by atoms with van der Waals surface area (Å²) in [5.41, 5.74) is -0.932. The third kappa shape index (κ3) is 4.34. The molecule has 0 aliphatic carbocycles. The summed E-state index contributed by atoms with van der Waals surface area (Å²) < 4.78 is 44.1. The van der Waals surface area contributed by atoms with E-state index in [-0.39, 0.29) is 17.9 Å². The molecule has 0 atom stereocenters. The maximum atomic E-state index is 12.9. The predicted molar refractivity (Wildman–Crippen MR) is 71.0 cm³/mol. The van der Waals surface area contributed by atoms with Crippen LogP contribution in [0.5, 0.6) is 5.75 Å². The third-order valence-corrected chi connectivity index (χ3v) is 3.29. The molecule has 1 aliphatic rings. The maximum absolute atomic E-state index is 12.9. The SMILES string of the molecule is N#Cc1ccc(OCCN2CCNCC2)c(C(F)(F)F)c1. The lowest BCUT2D eigenvalue weighted by molar-refractivity contribution is -0.139. The van der Waals surface area contributed by atoms with Gasteiger partial charge in [-0.25, -0.2) is 0 Å². The van der Waals surface area contributed by atoms with E-state index in [2.05, 4.69) is 10.2 Å². The van der Waals surface area contributed by atoms with Crippen molar-refractivity contribution >= 4 is 0 Å². The summed E-state index contributed by atoms with van der Waals surface area (Å²) in [6, 6.07) is 5.06. The normalized spacial score (nSPS) is 16.5. The van der Waals surface area contributed by atoms with Crippen LogP contribution in [0.15, 0.2) is 18.2 Å². The third-order valence-electron chi connectivity index (χ3n) is 3.29. The molecule has 114 valence electrons. The van der Waals surface area contributed by atoms with Gasteiger partial charge < -0.3 is 10.1 Å². The van der Waals surface area contributed by atoms with Crippen LogP contribution in [0.4, 0.5) is 13.2 Å². The first kappa shape index (κ1) is 15.6. The van der Waals surface area contributed by atoms with Crippen molar-refractivity contribution in [3.05, 3.63) is 29.3 Å². The second-order valence-electron chi connectivity index (χ2n) is 4.76. The van der Waals surface area contributed by atoms with E-state index in [1.165, 1.54) is 12.1 Å². The van der Waals surface area contributed by atoms with Crippen molar-refractivity contribution in [2.75, 3.05) is 39.3 Å². The van der Waals surface area contributed by atoms with E-state index in [1.54, 1.807) is 6.07 Å². The Balaban J connectivity index is 2.00. The van der Waals surface area contributed by atoms with Crippen molar-refractivity contribution in [3.8, 4) is 11.8 Å². The summed E-state index contributed by atoms with van der Waals surface area (Å²) in [7, 11) is 0. The van der Waals surface area contributed by atoms with Crippen molar-refractivity contribution in [1.29, 1.82) is 5.26 Å². The monoisotopic (exact) mass is 299 g/mol. The molecular weight excluding hydrogens is 283 g/mol. The number of piperazine rings is 1. The summed E-state index contributed by atoms with van der Waals surface area (Å²) in [4.78, 5) is 2.13. The van der Waals surface area contributed by atoms with Gasteiger partial charge in [0, 0.05) is 32.7 Å². The lowest BCUT2D eigenvalue weighted by atomic mass is 10.1. The summed E-state index contributed by atoms with van der Waals surface area (Å²) >= 11 is 0. The van der Waals surface area contributed by atoms with E-state index in [9.17, 15) is 13.2 Å². The fourth-order valence-electron chi connectivity index (χ4n) is 2.17. The Kier molecular flexibility index (Phi) is 5.04. The maximum Gasteiger partial charge on any atom is 0.420 e. The van der Waals surface area contributed by atoms with E-state index in [0.717, 1.165) is 32.2 Å². The highest BCUT2D eigenvalue weighted by molar-refractivity contribution is 5.43. The van der Waals surface area contributed by atoms with Crippen LogP contribution in [0.1, 0.15) is 11.1 Å². The number of nitrogens with one attached hydrogen (secondary N) is 1. The number of nitriles is 1. The molecule has 1 fully saturated rings. The number of alkyl halides is 3. The first-order valence-corrected chi connectivity index (χ1v) is 6.68. The van der Waals surface area contributed by atoms with Crippen LogP contribution in [0.2, 0.25) is 0 Å². The lowest BCUT2D eigenvalue weighted by Gasteiger charge is -2.27. The summed E-state index contributed by atoms with van der Waals surface area (Å²) in [6.07, 6.45) is -4.53. The van der Waals surface area contributed by atoms with E-state index >= 15 is 0 Å². The van der Waals surface area contributed by atoms with Crippen LogP contribution in [0.3, 0.4) is 0 Å². The zero-order valence-corrected chi connectivity index (χ0v) is 11.4. The Morgan fingerprint density at radius 1 is 1.29 bits per heavy atom. The molecule has 0 saturated carbocycles. The Morgan fingerprint density at radius 3 is 2.62 bits per heavy atom. The number of ether oxygens (including phenoxy) is 1. The number of benzene rings is 1. The predicted octanol–water partition coefficient (Wildman–Crippen LogP) is 1.86. The Bertz CT molecular complexity index is 519. The minimum Gasteiger partial charge on any atom is -0.492 e. The highest BCUT2D eigenvalue weighted by atomic mass is 19.4. The van der Waals surface area contributed by atoms with Gasteiger partial charge in [0.2, 0.25) is 0 Å². The first-order chi connectivity index (χ1) is 10.0. The highest BCUT2D eigenvalue weighted by Crippen LogP contribution is 2.36. The highest BCUT2D eigenvalue weighted by Gasteiger charge is 2.34. The number of hydrogen-bond donors (Lipinski definition) is 1. The minimum absolute atomic E-state index is 0.0308. The van der Waals surface area contributed by atoms with E-state index in [1.807, 2.05) is 0 Å². The molecule has 1 aromatic rings. The van der Waals surface area contributed by atoms with Crippen LogP contribution in [-0.4, -0.2) is 44.2 Å². The van der Waals surface area contributed by atoms with Gasteiger partial charge in [-0.3, -0.25) is 4.90 Å². The molecule has 1 N–H and O–H groups in total. The lowest BCUT2D eigenvalue weighted by Crippen LogP contribution is -2.44. The standard InChI is InChI=1S/C14H16F3N3O/c15-14(16,17)12-9-11(10-18)1-2-13(12)21-8-7-20-5-3-19-4-6-20/h1-2,9,19H,3-8H2. The summed E-state index contributed by atoms with van der Waals surface area (Å²) in [6.45, 7) is 4.26. The van der Waals surface area contributed by atoms with Crippen LogP contribution in [0.25, 0.3) is 0 Å². The molecule has 0 amide bonds. The minimum atomic E-state index is -4.53. The summed E-state index contributed by atoms with van der Waals surface area (Å²) in [5, 5.41) is 11.9. The van der Waals surface area contributed by atoms with Crippen molar-refractivity contribution < 1.29 is 17.9 Å². The van der Waals surface area contributed by atoms with Crippen molar-refractivity contribution in [1.82, 2.24) is 10.2 Å². The van der Waals surface area contributed by atoms with Crippen LogP contribution >= 0.6 is 0 Å². The smallest absolute Gasteiger partial charge is 0.420 e. The van der Waals surface area contributed by atoms with Crippen LogP contribution in [0, 0.1) is 11.3 Å². The van der Waals surface area contributed by atoms with Gasteiger partial charge >= 0.3 is 6.18 Å². The van der Waals surface area contributed by atoms with Gasteiger partial charge in [-0.15, -0.1) is 0 Å². The topological polar surface area (TPSA) is 48.3 Å². The molecule has 1 aromatic carbocycles. The molecule has 2 rings (SSSR count). The quantitative estimate of drug-likeness (QED) is 0.922. The Morgan fingerprint density at radius 2 is 2.00 bits per heavy atom. The van der Waals surface area contributed by atoms with E-state index in [0.29, 0.717) is 6.54 Å². The molecule has 0 bridgehead atoms. The molecule has 4 nitrogen and oxygen atoms in total. The fourth-order valence-corrected chi connectivity index (χ4v) is 2.17. The largest absolute Gasteiger partial charge is 0.492 e. The fraction of sp³-hybridized carbons (Fsp3) is 0.500. The van der Waals surface area contributed by atoms with Crippen molar-refractivity contribution in [2.24, 2.45) is 0 Å². The number of rotatable bonds is 4. The van der Waals surface area contributed by atoms with E-state index < -0.39 is 11.7 Å². The molecular formula is C14H16F3N3O. The first-order valence-electron chi connectivity index (χ1n) is 6.68. The summed E-state index contributed by atoms with van der Waals surface area (Å²) in [5.74, 6) is -0.225. The average molecular weight is 299 g/mol. The molecule has 7 heteroatoms. The van der Waals surface area contributed by atoms with Gasteiger partial charge in [-0.2, -0.15) is 18.4 Å². The van der Waals surface area contributed by atoms with Crippen LogP contribution < -0.4 is 10.1 Å². The van der Waals surface area contributed by atoms with E-state index in [4.69, 9.17) is 10.00 Å². The molecule has 0 spiro atoms. The Hall–Kier alpha value is -1.78. The number of nitrogens with zero attached hydrogens (tertiary/aromatic N) is 2. The molecule has 0 aromatic heterocycles. The van der Waals surface area contributed by atoms with Crippen molar-refractivity contribution in [3.63, 3.8) is 0 Å². The number of hydrogen-bond acceptors (Lipinski definition) is 4. The van der Waals surface area contributed by atoms with Gasteiger partial charge in [0.05, 0.1) is 17.2 Å². The van der Waals surface area contributed by atoms with Gasteiger partial charge in [-0.1, -0.05) is 0 Å².